The summed E-state index contributed by atoms with van der Waals surface area (Å²) in [6, 6.07) is 22.0. The van der Waals surface area contributed by atoms with E-state index < -0.39 is 15.9 Å². The molecule has 4 aromatic carbocycles. The predicted octanol–water partition coefficient (Wildman–Crippen LogP) is 4.59. The van der Waals surface area contributed by atoms with Crippen LogP contribution in [-0.2, 0) is 10.0 Å². The Kier molecular flexibility index (Phi) is 5.45. The van der Waals surface area contributed by atoms with Crippen molar-refractivity contribution in [3.63, 3.8) is 0 Å². The van der Waals surface area contributed by atoms with Crippen molar-refractivity contribution in [1.29, 1.82) is 0 Å². The second-order valence-electron chi connectivity index (χ2n) is 8.39. The number of aryl methyl sites for hydroxylation is 2. The van der Waals surface area contributed by atoms with Gasteiger partial charge in [-0.1, -0.05) is 60.2 Å². The third-order valence-electron chi connectivity index (χ3n) is 5.92. The summed E-state index contributed by atoms with van der Waals surface area (Å²) in [5.41, 5.74) is 6.11. The molecule has 2 N–H and O–H groups in total. The number of hydrogen-bond acceptors (Lipinski definition) is 5. The average Bonchev–Trinajstić information content (AvgIpc) is 3.12. The minimum absolute atomic E-state index is 0.0631. The van der Waals surface area contributed by atoms with Crippen LogP contribution >= 0.6 is 0 Å². The lowest BCUT2D eigenvalue weighted by atomic mass is 10.1. The number of benzene rings is 4. The predicted molar refractivity (Wildman–Crippen MR) is 135 cm³/mol. The largest absolute Gasteiger partial charge is 0.287 e. The van der Waals surface area contributed by atoms with Crippen molar-refractivity contribution in [3.05, 3.63) is 107 Å². The van der Waals surface area contributed by atoms with E-state index in [-0.39, 0.29) is 22.0 Å². The third kappa shape index (κ3) is 4.08. The van der Waals surface area contributed by atoms with Gasteiger partial charge in [0.2, 0.25) is 5.78 Å². The SMILES string of the molecule is Cc1ccc(NS(=O)(=O)c2cccc(C(=O)N/N=C3/C(=O)c4cccc5cccc3c45)c2)c(C)c1. The normalized spacial score (nSPS) is 13.9. The smallest absolute Gasteiger partial charge is 0.271 e. The Balaban J connectivity index is 1.40. The minimum atomic E-state index is -3.93. The summed E-state index contributed by atoms with van der Waals surface area (Å²) in [6.07, 6.45) is 0. The van der Waals surface area contributed by atoms with E-state index in [0.29, 0.717) is 16.8 Å². The van der Waals surface area contributed by atoms with Gasteiger partial charge in [-0.2, -0.15) is 5.10 Å². The number of carbonyl (C=O) groups is 2. The van der Waals surface area contributed by atoms with Crippen LogP contribution in [0.4, 0.5) is 5.69 Å². The molecule has 0 spiro atoms. The van der Waals surface area contributed by atoms with Crippen LogP contribution in [-0.4, -0.2) is 25.8 Å². The fraction of sp³-hybridized carbons (Fsp3) is 0.0741. The molecule has 0 aliphatic heterocycles. The maximum Gasteiger partial charge on any atom is 0.271 e. The number of Topliss-reactive ketones (excluding diaryl/α,β-unsaturated/α-hetero) is 1. The molecule has 0 radical (unpaired) electrons. The zero-order valence-corrected chi connectivity index (χ0v) is 19.8. The van der Waals surface area contributed by atoms with E-state index >= 15 is 0 Å². The van der Waals surface area contributed by atoms with E-state index in [1.54, 1.807) is 24.3 Å². The first-order valence-corrected chi connectivity index (χ1v) is 12.4. The summed E-state index contributed by atoms with van der Waals surface area (Å²) < 4.78 is 28.4. The molecule has 0 saturated carbocycles. The van der Waals surface area contributed by atoms with Gasteiger partial charge in [0.1, 0.15) is 5.71 Å². The molecule has 0 aromatic heterocycles. The van der Waals surface area contributed by atoms with Gasteiger partial charge in [0, 0.05) is 22.1 Å². The van der Waals surface area contributed by atoms with Crippen molar-refractivity contribution in [2.45, 2.75) is 18.7 Å². The topological polar surface area (TPSA) is 105 Å². The molecule has 174 valence electrons. The summed E-state index contributed by atoms with van der Waals surface area (Å²) in [7, 11) is -3.93. The fourth-order valence-corrected chi connectivity index (χ4v) is 5.37. The maximum atomic E-state index is 12.9. The Hall–Kier alpha value is -4.30. The van der Waals surface area contributed by atoms with Crippen LogP contribution in [0.1, 0.15) is 37.4 Å². The lowest BCUT2D eigenvalue weighted by Gasteiger charge is -2.12. The Morgan fingerprint density at radius 3 is 2.31 bits per heavy atom. The number of hydrazone groups is 1. The number of rotatable bonds is 5. The van der Waals surface area contributed by atoms with Gasteiger partial charge in [-0.25, -0.2) is 13.8 Å². The Morgan fingerprint density at radius 1 is 0.857 bits per heavy atom. The summed E-state index contributed by atoms with van der Waals surface area (Å²) in [5.74, 6) is -0.900. The standard InChI is InChI=1S/C27H21N3O4S/c1-16-12-13-23(17(2)14-16)30-35(33,34)20-9-3-8-19(15-20)27(32)29-28-25-21-10-4-6-18-7-5-11-22(24(18)21)26(25)31/h3-15,30H,1-2H3,(H,29,32)/b28-25+. The van der Waals surface area contributed by atoms with Crippen molar-refractivity contribution < 1.29 is 18.0 Å². The van der Waals surface area contributed by atoms with E-state index in [1.807, 2.05) is 44.2 Å². The van der Waals surface area contributed by atoms with Crippen LogP contribution in [0, 0.1) is 13.8 Å². The molecule has 0 bridgehead atoms. The Labute approximate surface area is 202 Å². The van der Waals surface area contributed by atoms with E-state index in [0.717, 1.165) is 21.9 Å². The second kappa shape index (κ2) is 8.48. The molecule has 1 aliphatic carbocycles. The number of anilines is 1. The van der Waals surface area contributed by atoms with Crippen LogP contribution < -0.4 is 10.1 Å². The molecule has 0 fully saturated rings. The second-order valence-corrected chi connectivity index (χ2v) is 10.1. The highest BCUT2D eigenvalue weighted by atomic mass is 32.2. The van der Waals surface area contributed by atoms with Gasteiger partial charge >= 0.3 is 0 Å². The fourth-order valence-electron chi connectivity index (χ4n) is 4.20. The number of nitrogens with zero attached hydrogens (tertiary/aromatic N) is 1. The van der Waals surface area contributed by atoms with Crippen LogP contribution in [0.15, 0.2) is 88.9 Å². The molecule has 0 atom stereocenters. The molecule has 0 saturated heterocycles. The van der Waals surface area contributed by atoms with Crippen LogP contribution in [0.5, 0.6) is 0 Å². The van der Waals surface area contributed by atoms with Crippen LogP contribution in [0.3, 0.4) is 0 Å². The first kappa shape index (κ1) is 22.5. The van der Waals surface area contributed by atoms with Crippen molar-refractivity contribution in [2.24, 2.45) is 5.10 Å². The van der Waals surface area contributed by atoms with Gasteiger partial charge in [-0.05, 0) is 49.1 Å². The lowest BCUT2D eigenvalue weighted by molar-refractivity contribution is 0.0954. The summed E-state index contributed by atoms with van der Waals surface area (Å²) >= 11 is 0. The molecule has 1 aliphatic rings. The van der Waals surface area contributed by atoms with Crippen molar-refractivity contribution in [1.82, 2.24) is 5.43 Å². The van der Waals surface area contributed by atoms with E-state index in [4.69, 9.17) is 0 Å². The number of hydrogen-bond donors (Lipinski definition) is 2. The van der Waals surface area contributed by atoms with E-state index in [1.165, 1.54) is 24.3 Å². The highest BCUT2D eigenvalue weighted by Gasteiger charge is 2.29. The first-order valence-electron chi connectivity index (χ1n) is 10.9. The van der Waals surface area contributed by atoms with Crippen LogP contribution in [0.2, 0.25) is 0 Å². The van der Waals surface area contributed by atoms with Gasteiger partial charge in [-0.15, -0.1) is 0 Å². The Bertz CT molecular complexity index is 1670. The molecule has 1 amide bonds. The number of carbonyl (C=O) groups excluding carboxylic acids is 2. The zero-order valence-electron chi connectivity index (χ0n) is 19.0. The zero-order chi connectivity index (χ0) is 24.7. The molecule has 8 heteroatoms. The lowest BCUT2D eigenvalue weighted by Crippen LogP contribution is -2.22. The van der Waals surface area contributed by atoms with Gasteiger partial charge in [0.15, 0.2) is 0 Å². The number of ketones is 1. The molecular weight excluding hydrogens is 462 g/mol. The summed E-state index contributed by atoms with van der Waals surface area (Å²) in [4.78, 5) is 25.6. The third-order valence-corrected chi connectivity index (χ3v) is 7.28. The summed E-state index contributed by atoms with van der Waals surface area (Å²) in [5, 5.41) is 5.82. The first-order chi connectivity index (χ1) is 16.7. The highest BCUT2D eigenvalue weighted by Crippen LogP contribution is 2.31. The van der Waals surface area contributed by atoms with Crippen LogP contribution in [0.25, 0.3) is 10.8 Å². The molecule has 5 rings (SSSR count). The molecule has 35 heavy (non-hydrogen) atoms. The molecule has 4 aromatic rings. The quantitative estimate of drug-likeness (QED) is 0.405. The van der Waals surface area contributed by atoms with Crippen molar-refractivity contribution in [3.8, 4) is 0 Å². The number of sulfonamides is 1. The highest BCUT2D eigenvalue weighted by molar-refractivity contribution is 7.92. The van der Waals surface area contributed by atoms with E-state index in [9.17, 15) is 18.0 Å². The van der Waals surface area contributed by atoms with Gasteiger partial charge < -0.3 is 0 Å². The van der Waals surface area contributed by atoms with Gasteiger partial charge in [0.25, 0.3) is 15.9 Å². The van der Waals surface area contributed by atoms with Crippen molar-refractivity contribution in [2.75, 3.05) is 4.72 Å². The molecule has 0 heterocycles. The maximum absolute atomic E-state index is 12.9. The van der Waals surface area contributed by atoms with Gasteiger partial charge in [0.05, 0.1) is 10.6 Å². The number of nitrogens with one attached hydrogen (secondary N) is 2. The molecule has 0 unspecified atom stereocenters. The average molecular weight is 484 g/mol. The number of amides is 1. The minimum Gasteiger partial charge on any atom is -0.287 e. The van der Waals surface area contributed by atoms with Crippen molar-refractivity contribution >= 4 is 43.9 Å². The monoisotopic (exact) mass is 483 g/mol. The summed E-state index contributed by atoms with van der Waals surface area (Å²) in [6.45, 7) is 3.74. The van der Waals surface area contributed by atoms with Gasteiger partial charge in [-0.3, -0.25) is 14.3 Å². The molecule has 7 nitrogen and oxygen atoms in total. The van der Waals surface area contributed by atoms with E-state index in [2.05, 4.69) is 15.2 Å². The molecular formula is C27H21N3O4S. The Morgan fingerprint density at radius 2 is 1.57 bits per heavy atom.